The molecule has 2 aliphatic carbocycles. The number of esters is 1. The minimum Gasteiger partial charge on any atom is -0.461 e. The molecule has 0 aromatic heterocycles. The SMILES string of the molecule is C=C1CC[C@@H]2[C@H](OC(=O)[C@@H]2C[NH+]2CCCCC2)[C@H]2[C@@H]1C[C@@H]1O[C@]21C. The van der Waals surface area contributed by atoms with Gasteiger partial charge >= 0.3 is 5.97 Å². The molecule has 5 fully saturated rings. The fourth-order valence-corrected chi connectivity index (χ4v) is 6.36. The molecule has 3 saturated heterocycles. The van der Waals surface area contributed by atoms with Crippen LogP contribution in [0.25, 0.3) is 0 Å². The quantitative estimate of drug-likeness (QED) is 0.472. The third-order valence-corrected chi connectivity index (χ3v) is 7.78. The van der Waals surface area contributed by atoms with Crippen LogP contribution in [-0.4, -0.2) is 43.4 Å². The van der Waals surface area contributed by atoms with Crippen molar-refractivity contribution in [2.24, 2.45) is 23.7 Å². The summed E-state index contributed by atoms with van der Waals surface area (Å²) >= 11 is 0. The summed E-state index contributed by atoms with van der Waals surface area (Å²) in [6, 6.07) is 0. The maximum atomic E-state index is 12.7. The largest absolute Gasteiger partial charge is 0.461 e. The zero-order chi connectivity index (χ0) is 16.5. The molecule has 0 aromatic carbocycles. The van der Waals surface area contributed by atoms with Gasteiger partial charge in [-0.05, 0) is 51.4 Å². The molecule has 4 nitrogen and oxygen atoms in total. The van der Waals surface area contributed by atoms with Crippen molar-refractivity contribution in [1.29, 1.82) is 0 Å². The van der Waals surface area contributed by atoms with E-state index in [0.29, 0.717) is 23.9 Å². The average molecular weight is 332 g/mol. The zero-order valence-electron chi connectivity index (χ0n) is 14.8. The first kappa shape index (κ1) is 15.4. The van der Waals surface area contributed by atoms with Crippen LogP contribution >= 0.6 is 0 Å². The van der Waals surface area contributed by atoms with Gasteiger partial charge in [0.15, 0.2) is 0 Å². The Morgan fingerprint density at radius 1 is 1.29 bits per heavy atom. The summed E-state index contributed by atoms with van der Waals surface area (Å²) < 4.78 is 12.1. The van der Waals surface area contributed by atoms with Crippen LogP contribution < -0.4 is 4.90 Å². The summed E-state index contributed by atoms with van der Waals surface area (Å²) in [6.45, 7) is 10.0. The van der Waals surface area contributed by atoms with Crippen molar-refractivity contribution in [1.82, 2.24) is 0 Å². The number of hydrogen-bond acceptors (Lipinski definition) is 3. The van der Waals surface area contributed by atoms with Crippen molar-refractivity contribution >= 4 is 5.97 Å². The summed E-state index contributed by atoms with van der Waals surface area (Å²) in [5.41, 5.74) is 1.32. The summed E-state index contributed by atoms with van der Waals surface area (Å²) in [7, 11) is 0. The number of ether oxygens (including phenoxy) is 2. The van der Waals surface area contributed by atoms with Crippen molar-refractivity contribution in [3.63, 3.8) is 0 Å². The lowest BCUT2D eigenvalue weighted by atomic mass is 9.77. The highest BCUT2D eigenvalue weighted by molar-refractivity contribution is 5.75. The molecular weight excluding hydrogens is 302 g/mol. The molecule has 1 N–H and O–H groups in total. The van der Waals surface area contributed by atoms with Gasteiger partial charge < -0.3 is 14.4 Å². The predicted molar refractivity (Wildman–Crippen MR) is 89.5 cm³/mol. The predicted octanol–water partition coefficient (Wildman–Crippen LogP) is 1.36. The molecule has 3 heterocycles. The van der Waals surface area contributed by atoms with Gasteiger partial charge in [-0.25, -0.2) is 0 Å². The molecule has 5 rings (SSSR count). The van der Waals surface area contributed by atoms with Crippen LogP contribution in [-0.2, 0) is 14.3 Å². The summed E-state index contributed by atoms with van der Waals surface area (Å²) in [5, 5.41) is 0. The number of carbonyl (C=O) groups excluding carboxylic acids is 1. The number of piperidine rings is 1. The number of rotatable bonds is 2. The molecule has 0 amide bonds. The van der Waals surface area contributed by atoms with E-state index >= 15 is 0 Å². The maximum absolute atomic E-state index is 12.7. The fraction of sp³-hybridized carbons (Fsp3) is 0.850. The number of nitrogens with one attached hydrogen (secondary N) is 1. The molecule has 7 atom stereocenters. The van der Waals surface area contributed by atoms with Crippen LogP contribution in [0.15, 0.2) is 12.2 Å². The van der Waals surface area contributed by atoms with Gasteiger partial charge in [-0.3, -0.25) is 4.79 Å². The second-order valence-corrected chi connectivity index (χ2v) is 9.04. The first-order valence-corrected chi connectivity index (χ1v) is 9.97. The lowest BCUT2D eigenvalue weighted by Gasteiger charge is -2.31. The van der Waals surface area contributed by atoms with Crippen LogP contribution in [0, 0.1) is 23.7 Å². The van der Waals surface area contributed by atoms with Gasteiger partial charge in [0, 0.05) is 11.8 Å². The van der Waals surface area contributed by atoms with E-state index in [-0.39, 0.29) is 23.6 Å². The average Bonchev–Trinajstić information content (AvgIpc) is 3.05. The topological polar surface area (TPSA) is 43.3 Å². The molecule has 3 aliphatic heterocycles. The first-order chi connectivity index (χ1) is 11.6. The van der Waals surface area contributed by atoms with E-state index in [1.807, 2.05) is 0 Å². The number of allylic oxidation sites excluding steroid dienone is 1. The molecule has 0 radical (unpaired) electrons. The summed E-state index contributed by atoms with van der Waals surface area (Å²) in [5.74, 6) is 1.38. The molecule has 0 bridgehead atoms. The second kappa shape index (κ2) is 5.31. The molecule has 5 aliphatic rings. The number of quaternary nitrogens is 1. The molecule has 0 aromatic rings. The third-order valence-electron chi connectivity index (χ3n) is 7.78. The van der Waals surface area contributed by atoms with Crippen LogP contribution in [0.3, 0.4) is 0 Å². The molecule has 2 saturated carbocycles. The minimum atomic E-state index is -0.0615. The standard InChI is InChI=1S/C20H29NO3/c1-12-6-7-13-15(11-21-8-4-3-5-9-21)19(22)23-18(13)17-14(12)10-16-20(17,2)24-16/h13-18H,1,3-11H2,2H3/p+1/t13-,14+,15+,16-,17+,18-,20-/m0/s1. The zero-order valence-corrected chi connectivity index (χ0v) is 14.8. The van der Waals surface area contributed by atoms with Crippen molar-refractivity contribution in [3.8, 4) is 0 Å². The van der Waals surface area contributed by atoms with Gasteiger partial charge in [-0.1, -0.05) is 12.2 Å². The van der Waals surface area contributed by atoms with E-state index in [1.165, 1.54) is 37.9 Å². The summed E-state index contributed by atoms with van der Waals surface area (Å²) in [4.78, 5) is 14.3. The second-order valence-electron chi connectivity index (χ2n) is 9.04. The van der Waals surface area contributed by atoms with E-state index in [1.54, 1.807) is 4.90 Å². The highest BCUT2D eigenvalue weighted by Gasteiger charge is 2.71. The van der Waals surface area contributed by atoms with E-state index in [9.17, 15) is 4.79 Å². The number of likely N-dealkylation sites (tertiary alicyclic amines) is 1. The highest BCUT2D eigenvalue weighted by Crippen LogP contribution is 2.63. The van der Waals surface area contributed by atoms with Gasteiger partial charge in [0.25, 0.3) is 0 Å². The van der Waals surface area contributed by atoms with E-state index in [0.717, 1.165) is 25.8 Å². The number of carbonyl (C=O) groups is 1. The van der Waals surface area contributed by atoms with Gasteiger partial charge in [0.05, 0.1) is 31.3 Å². The number of fused-ring (bicyclic) bond motifs is 5. The van der Waals surface area contributed by atoms with Crippen molar-refractivity contribution in [3.05, 3.63) is 12.2 Å². The van der Waals surface area contributed by atoms with Gasteiger partial charge in [-0.2, -0.15) is 0 Å². The van der Waals surface area contributed by atoms with Gasteiger partial charge in [0.1, 0.15) is 12.0 Å². The number of hydrogen-bond donors (Lipinski definition) is 1. The smallest absolute Gasteiger partial charge is 0.315 e. The first-order valence-electron chi connectivity index (χ1n) is 9.97. The lowest BCUT2D eigenvalue weighted by Crippen LogP contribution is -3.13. The van der Waals surface area contributed by atoms with E-state index in [4.69, 9.17) is 9.47 Å². The molecular formula is C20H30NO3+. The Labute approximate surface area is 144 Å². The fourth-order valence-electron chi connectivity index (χ4n) is 6.36. The van der Waals surface area contributed by atoms with E-state index < -0.39 is 0 Å². The third kappa shape index (κ3) is 2.15. The molecule has 0 unspecified atom stereocenters. The highest BCUT2D eigenvalue weighted by atomic mass is 16.6. The monoisotopic (exact) mass is 332 g/mol. The lowest BCUT2D eigenvalue weighted by molar-refractivity contribution is -0.907. The molecule has 0 spiro atoms. The molecule has 132 valence electrons. The van der Waals surface area contributed by atoms with Crippen molar-refractivity contribution in [2.45, 2.75) is 63.3 Å². The Hall–Kier alpha value is -0.870. The Morgan fingerprint density at radius 3 is 2.88 bits per heavy atom. The van der Waals surface area contributed by atoms with Crippen LogP contribution in [0.1, 0.15) is 45.4 Å². The summed E-state index contributed by atoms with van der Waals surface area (Å²) in [6.07, 6.45) is 7.62. The van der Waals surface area contributed by atoms with Crippen LogP contribution in [0.4, 0.5) is 0 Å². The Morgan fingerprint density at radius 2 is 2.08 bits per heavy atom. The molecule has 4 heteroatoms. The van der Waals surface area contributed by atoms with Gasteiger partial charge in [0.2, 0.25) is 0 Å². The normalized spacial score (nSPS) is 50.7. The Bertz CT molecular complexity index is 569. The van der Waals surface area contributed by atoms with Crippen molar-refractivity contribution < 1.29 is 19.2 Å². The Kier molecular flexibility index (Phi) is 3.41. The maximum Gasteiger partial charge on any atom is 0.315 e. The number of epoxide rings is 1. The van der Waals surface area contributed by atoms with Gasteiger partial charge in [-0.15, -0.1) is 0 Å². The Balaban J connectivity index is 1.40. The van der Waals surface area contributed by atoms with Crippen molar-refractivity contribution in [2.75, 3.05) is 19.6 Å². The van der Waals surface area contributed by atoms with Crippen LogP contribution in [0.2, 0.25) is 0 Å². The van der Waals surface area contributed by atoms with Crippen LogP contribution in [0.5, 0.6) is 0 Å². The molecule has 24 heavy (non-hydrogen) atoms. The van der Waals surface area contributed by atoms with E-state index in [2.05, 4.69) is 13.5 Å². The minimum absolute atomic E-state index is 0.0615.